The predicted octanol–water partition coefficient (Wildman–Crippen LogP) is 3.98. The Morgan fingerprint density at radius 3 is 2.34 bits per heavy atom. The summed E-state index contributed by atoms with van der Waals surface area (Å²) in [6.45, 7) is 3.48. The molecule has 0 aliphatic carbocycles. The van der Waals surface area contributed by atoms with Gasteiger partial charge in [0.25, 0.3) is 0 Å². The van der Waals surface area contributed by atoms with E-state index < -0.39 is 5.97 Å². The average Bonchev–Trinajstić information content (AvgIpc) is 3.16. The zero-order valence-corrected chi connectivity index (χ0v) is 16.6. The van der Waals surface area contributed by atoms with Crippen molar-refractivity contribution in [2.75, 3.05) is 7.11 Å². The Kier molecular flexibility index (Phi) is 6.02. The van der Waals surface area contributed by atoms with Crippen LogP contribution >= 0.6 is 0 Å². The van der Waals surface area contributed by atoms with Crippen LogP contribution in [-0.2, 0) is 17.7 Å². The molecule has 6 nitrogen and oxygen atoms in total. The molecule has 0 aliphatic heterocycles. The maximum atomic E-state index is 12.3. The highest BCUT2D eigenvalue weighted by Crippen LogP contribution is 2.26. The number of aryl methyl sites for hydroxylation is 2. The minimum absolute atomic E-state index is 0.153. The van der Waals surface area contributed by atoms with Gasteiger partial charge >= 0.3 is 5.97 Å². The first-order chi connectivity index (χ1) is 13.9. The van der Waals surface area contributed by atoms with Crippen LogP contribution in [-0.4, -0.2) is 34.2 Å². The van der Waals surface area contributed by atoms with Gasteiger partial charge in [0.15, 0.2) is 11.6 Å². The number of benzene rings is 2. The fraction of sp³-hybridized carbons (Fsp3) is 0.217. The SMILES string of the molecule is COC(=O)c1ccc(-c2nc(C(C)=O)cn2CCc2ccccc2)c(C(C)=O)c1. The number of carbonyl (C=O) groups excluding carboxylic acids is 3. The van der Waals surface area contributed by atoms with Crippen LogP contribution in [0.3, 0.4) is 0 Å². The van der Waals surface area contributed by atoms with E-state index in [1.165, 1.54) is 27.0 Å². The molecule has 0 fully saturated rings. The lowest BCUT2D eigenvalue weighted by atomic mass is 10.00. The largest absolute Gasteiger partial charge is 0.465 e. The van der Waals surface area contributed by atoms with Crippen LogP contribution < -0.4 is 0 Å². The number of esters is 1. The van der Waals surface area contributed by atoms with E-state index in [0.29, 0.717) is 29.2 Å². The number of Topliss-reactive ketones (excluding diaryl/α,β-unsaturated/α-hetero) is 2. The predicted molar refractivity (Wildman–Crippen MR) is 109 cm³/mol. The van der Waals surface area contributed by atoms with Crippen LogP contribution in [0.1, 0.15) is 50.6 Å². The number of rotatable bonds is 7. The third kappa shape index (κ3) is 4.48. The van der Waals surface area contributed by atoms with Crippen molar-refractivity contribution in [3.8, 4) is 11.4 Å². The molecular formula is C23H22N2O4. The first kappa shape index (κ1) is 20.2. The van der Waals surface area contributed by atoms with Crippen molar-refractivity contribution in [1.29, 1.82) is 0 Å². The summed E-state index contributed by atoms with van der Waals surface area (Å²) in [5.74, 6) is -0.350. The van der Waals surface area contributed by atoms with E-state index in [9.17, 15) is 14.4 Å². The van der Waals surface area contributed by atoms with E-state index in [4.69, 9.17) is 4.74 Å². The van der Waals surface area contributed by atoms with Gasteiger partial charge in [-0.3, -0.25) is 9.59 Å². The van der Waals surface area contributed by atoms with Crippen LogP contribution in [0.2, 0.25) is 0 Å². The summed E-state index contributed by atoms with van der Waals surface area (Å²) in [6.07, 6.45) is 2.45. The lowest BCUT2D eigenvalue weighted by molar-refractivity contribution is 0.0600. The fourth-order valence-corrected chi connectivity index (χ4v) is 3.14. The van der Waals surface area contributed by atoms with E-state index in [1.54, 1.807) is 18.3 Å². The Morgan fingerprint density at radius 2 is 1.72 bits per heavy atom. The van der Waals surface area contributed by atoms with Gasteiger partial charge in [-0.2, -0.15) is 0 Å². The molecule has 0 radical (unpaired) electrons. The lowest BCUT2D eigenvalue weighted by Crippen LogP contribution is -2.08. The molecule has 0 bridgehead atoms. The number of methoxy groups -OCH3 is 1. The molecule has 29 heavy (non-hydrogen) atoms. The monoisotopic (exact) mass is 390 g/mol. The summed E-state index contributed by atoms with van der Waals surface area (Å²) in [6, 6.07) is 14.8. The first-order valence-electron chi connectivity index (χ1n) is 9.26. The normalized spacial score (nSPS) is 10.6. The van der Waals surface area contributed by atoms with Crippen molar-refractivity contribution >= 4 is 17.5 Å². The highest BCUT2D eigenvalue weighted by atomic mass is 16.5. The van der Waals surface area contributed by atoms with Gasteiger partial charge in [0.2, 0.25) is 0 Å². The van der Waals surface area contributed by atoms with E-state index >= 15 is 0 Å². The minimum atomic E-state index is -0.518. The second-order valence-electron chi connectivity index (χ2n) is 6.74. The third-order valence-electron chi connectivity index (χ3n) is 4.68. The van der Waals surface area contributed by atoms with Crippen molar-refractivity contribution in [2.24, 2.45) is 0 Å². The number of hydrogen-bond acceptors (Lipinski definition) is 5. The summed E-state index contributed by atoms with van der Waals surface area (Å²) in [5, 5.41) is 0. The molecule has 3 aromatic rings. The average molecular weight is 390 g/mol. The molecule has 3 rings (SSSR count). The number of imidazole rings is 1. The van der Waals surface area contributed by atoms with Crippen molar-refractivity contribution in [2.45, 2.75) is 26.8 Å². The fourth-order valence-electron chi connectivity index (χ4n) is 3.14. The summed E-state index contributed by atoms with van der Waals surface area (Å²) in [4.78, 5) is 40.5. The third-order valence-corrected chi connectivity index (χ3v) is 4.68. The maximum absolute atomic E-state index is 12.3. The molecule has 1 heterocycles. The molecule has 0 amide bonds. The number of carbonyl (C=O) groups is 3. The molecule has 1 aromatic heterocycles. The molecule has 0 spiro atoms. The van der Waals surface area contributed by atoms with Gasteiger partial charge in [0.1, 0.15) is 11.5 Å². The van der Waals surface area contributed by atoms with Crippen molar-refractivity contribution < 1.29 is 19.1 Å². The summed E-state index contributed by atoms with van der Waals surface area (Å²) in [5.41, 5.74) is 2.71. The summed E-state index contributed by atoms with van der Waals surface area (Å²) in [7, 11) is 1.29. The standard InChI is InChI=1S/C23H22N2O4/c1-15(26)20-13-18(23(28)29-3)9-10-19(20)22-24-21(16(2)27)14-25(22)12-11-17-7-5-4-6-8-17/h4-10,13-14H,11-12H2,1-3H3. The number of hydrogen-bond donors (Lipinski definition) is 0. The maximum Gasteiger partial charge on any atom is 0.337 e. The van der Waals surface area contributed by atoms with Gasteiger partial charge < -0.3 is 9.30 Å². The molecule has 148 valence electrons. The van der Waals surface area contributed by atoms with Gasteiger partial charge in [-0.05, 0) is 37.1 Å². The first-order valence-corrected chi connectivity index (χ1v) is 9.26. The van der Waals surface area contributed by atoms with Gasteiger partial charge in [-0.25, -0.2) is 9.78 Å². The number of aromatic nitrogens is 2. The molecule has 0 aliphatic rings. The topological polar surface area (TPSA) is 78.3 Å². The quantitative estimate of drug-likeness (QED) is 0.450. The highest BCUT2D eigenvalue weighted by molar-refractivity contribution is 6.03. The van der Waals surface area contributed by atoms with Crippen LogP contribution in [0, 0.1) is 0 Å². The van der Waals surface area contributed by atoms with E-state index in [2.05, 4.69) is 4.98 Å². The highest BCUT2D eigenvalue weighted by Gasteiger charge is 2.19. The van der Waals surface area contributed by atoms with Crippen molar-refractivity contribution in [1.82, 2.24) is 9.55 Å². The Bertz CT molecular complexity index is 1070. The molecule has 0 saturated heterocycles. The van der Waals surface area contributed by atoms with Gasteiger partial charge in [-0.15, -0.1) is 0 Å². The van der Waals surface area contributed by atoms with Crippen LogP contribution in [0.4, 0.5) is 0 Å². The number of ketones is 2. The molecule has 6 heteroatoms. The Balaban J connectivity index is 2.06. The zero-order valence-electron chi connectivity index (χ0n) is 16.6. The second kappa shape index (κ2) is 8.65. The van der Waals surface area contributed by atoms with E-state index in [-0.39, 0.29) is 17.1 Å². The van der Waals surface area contributed by atoms with Gasteiger partial charge in [0.05, 0.1) is 12.7 Å². The van der Waals surface area contributed by atoms with E-state index in [0.717, 1.165) is 12.0 Å². The number of ether oxygens (including phenoxy) is 1. The summed E-state index contributed by atoms with van der Waals surface area (Å²) >= 11 is 0. The van der Waals surface area contributed by atoms with Crippen LogP contribution in [0.25, 0.3) is 11.4 Å². The summed E-state index contributed by atoms with van der Waals surface area (Å²) < 4.78 is 6.63. The van der Waals surface area contributed by atoms with Crippen LogP contribution in [0.5, 0.6) is 0 Å². The van der Waals surface area contributed by atoms with Crippen molar-refractivity contribution in [3.05, 3.63) is 77.1 Å². The molecular weight excluding hydrogens is 368 g/mol. The molecule has 0 unspecified atom stereocenters. The van der Waals surface area contributed by atoms with Crippen LogP contribution in [0.15, 0.2) is 54.7 Å². The zero-order chi connectivity index (χ0) is 21.0. The molecule has 0 saturated carbocycles. The minimum Gasteiger partial charge on any atom is -0.465 e. The number of nitrogens with zero attached hydrogens (tertiary/aromatic N) is 2. The van der Waals surface area contributed by atoms with Gasteiger partial charge in [0, 0.05) is 30.8 Å². The smallest absolute Gasteiger partial charge is 0.337 e. The Morgan fingerprint density at radius 1 is 1.00 bits per heavy atom. The Hall–Kier alpha value is -3.54. The van der Waals surface area contributed by atoms with Crippen molar-refractivity contribution in [3.63, 3.8) is 0 Å². The molecule has 0 atom stereocenters. The molecule has 0 N–H and O–H groups in total. The molecule has 2 aromatic carbocycles. The Labute approximate surface area is 169 Å². The van der Waals surface area contributed by atoms with E-state index in [1.807, 2.05) is 34.9 Å². The lowest BCUT2D eigenvalue weighted by Gasteiger charge is -2.12. The van der Waals surface area contributed by atoms with Gasteiger partial charge in [-0.1, -0.05) is 30.3 Å². The second-order valence-corrected chi connectivity index (χ2v) is 6.74.